The van der Waals surface area contributed by atoms with Crippen molar-refractivity contribution in [2.24, 2.45) is 0 Å². The van der Waals surface area contributed by atoms with Crippen molar-refractivity contribution in [2.45, 2.75) is 24.7 Å². The van der Waals surface area contributed by atoms with Crippen LogP contribution in [0.1, 0.15) is 24.0 Å². The molecule has 4 nitrogen and oxygen atoms in total. The Morgan fingerprint density at radius 2 is 1.83 bits per heavy atom. The van der Waals surface area contributed by atoms with Crippen LogP contribution >= 0.6 is 15.9 Å². The van der Waals surface area contributed by atoms with Gasteiger partial charge in [0.25, 0.3) is 0 Å². The molecule has 5 heteroatoms. The van der Waals surface area contributed by atoms with Gasteiger partial charge in [-0.1, -0.05) is 40.2 Å². The maximum Gasteiger partial charge on any atom is 0.235 e. The quantitative estimate of drug-likeness (QED) is 0.826. The van der Waals surface area contributed by atoms with Crippen molar-refractivity contribution in [2.75, 3.05) is 12.4 Å². The molecule has 24 heavy (non-hydrogen) atoms. The fourth-order valence-electron chi connectivity index (χ4n) is 2.79. The van der Waals surface area contributed by atoms with Gasteiger partial charge < -0.3 is 10.6 Å². The summed E-state index contributed by atoms with van der Waals surface area (Å²) in [7, 11) is 1.62. The zero-order chi connectivity index (χ0) is 17.2. The number of likely N-dealkylation sites (N-methyl/N-ethyl adjacent to an activating group) is 1. The van der Waals surface area contributed by atoms with E-state index >= 15 is 0 Å². The molecule has 124 valence electrons. The summed E-state index contributed by atoms with van der Waals surface area (Å²) in [6.07, 6.45) is 2.07. The molecular formula is C19H19BrN2O2. The van der Waals surface area contributed by atoms with Crippen molar-refractivity contribution in [3.8, 4) is 0 Å². The lowest BCUT2D eigenvalue weighted by molar-refractivity contribution is -0.120. The third-order valence-corrected chi connectivity index (χ3v) is 4.91. The van der Waals surface area contributed by atoms with E-state index in [0.29, 0.717) is 6.42 Å². The van der Waals surface area contributed by atoms with Gasteiger partial charge in [0.05, 0.1) is 11.8 Å². The van der Waals surface area contributed by atoms with E-state index in [-0.39, 0.29) is 11.8 Å². The van der Waals surface area contributed by atoms with E-state index in [4.69, 9.17) is 0 Å². The topological polar surface area (TPSA) is 58.2 Å². The van der Waals surface area contributed by atoms with Gasteiger partial charge in [-0.2, -0.15) is 0 Å². The molecule has 2 aromatic rings. The van der Waals surface area contributed by atoms with Crippen LogP contribution in [0, 0.1) is 0 Å². The van der Waals surface area contributed by atoms with Crippen LogP contribution in [0.2, 0.25) is 0 Å². The lowest BCUT2D eigenvalue weighted by atomic mass is 9.95. The van der Waals surface area contributed by atoms with Gasteiger partial charge in [-0.25, -0.2) is 0 Å². The van der Waals surface area contributed by atoms with E-state index in [1.165, 1.54) is 0 Å². The highest BCUT2D eigenvalue weighted by Gasteiger charge is 2.51. The average Bonchev–Trinajstić information content (AvgIpc) is 3.38. The molecule has 0 bridgehead atoms. The number of anilines is 1. The molecule has 0 aliphatic heterocycles. The standard InChI is InChI=1S/C19H19BrN2O2/c1-21-17(23)11-13-5-7-16(8-6-13)22-18(24)19(9-10-19)14-3-2-4-15(20)12-14/h2-8,12H,9-11H2,1H3,(H,21,23)(H,22,24). The Bertz CT molecular complexity index is 767. The molecule has 1 aliphatic rings. The monoisotopic (exact) mass is 386 g/mol. The minimum atomic E-state index is -0.412. The molecule has 0 aromatic heterocycles. The first-order valence-corrected chi connectivity index (χ1v) is 8.70. The van der Waals surface area contributed by atoms with Crippen LogP contribution in [0.4, 0.5) is 5.69 Å². The van der Waals surface area contributed by atoms with Crippen molar-refractivity contribution in [3.05, 3.63) is 64.1 Å². The summed E-state index contributed by atoms with van der Waals surface area (Å²) < 4.78 is 0.984. The highest BCUT2D eigenvalue weighted by Crippen LogP contribution is 2.49. The van der Waals surface area contributed by atoms with Gasteiger partial charge in [0, 0.05) is 17.2 Å². The van der Waals surface area contributed by atoms with Gasteiger partial charge in [0.2, 0.25) is 11.8 Å². The van der Waals surface area contributed by atoms with E-state index in [1.807, 2.05) is 48.5 Å². The first-order valence-electron chi connectivity index (χ1n) is 7.90. The van der Waals surface area contributed by atoms with Crippen LogP contribution in [0.15, 0.2) is 53.0 Å². The third-order valence-electron chi connectivity index (χ3n) is 4.42. The Hall–Kier alpha value is -2.14. The molecule has 0 unspecified atom stereocenters. The Morgan fingerprint density at radius 1 is 1.12 bits per heavy atom. The number of halogens is 1. The molecule has 1 aliphatic carbocycles. The van der Waals surface area contributed by atoms with Crippen LogP contribution in [-0.4, -0.2) is 18.9 Å². The van der Waals surface area contributed by atoms with Crippen molar-refractivity contribution < 1.29 is 9.59 Å². The van der Waals surface area contributed by atoms with Crippen LogP contribution in [0.3, 0.4) is 0 Å². The predicted molar refractivity (Wildman–Crippen MR) is 97.9 cm³/mol. The molecule has 1 saturated carbocycles. The number of benzene rings is 2. The summed E-state index contributed by atoms with van der Waals surface area (Å²) in [4.78, 5) is 24.1. The minimum Gasteiger partial charge on any atom is -0.359 e. The van der Waals surface area contributed by atoms with Crippen LogP contribution < -0.4 is 10.6 Å². The summed E-state index contributed by atoms with van der Waals surface area (Å²) in [6.45, 7) is 0. The van der Waals surface area contributed by atoms with Gasteiger partial charge in [-0.15, -0.1) is 0 Å². The Balaban J connectivity index is 1.70. The van der Waals surface area contributed by atoms with Crippen molar-refractivity contribution in [1.82, 2.24) is 5.32 Å². The van der Waals surface area contributed by atoms with Crippen molar-refractivity contribution >= 4 is 33.4 Å². The van der Waals surface area contributed by atoms with Crippen LogP contribution in [0.5, 0.6) is 0 Å². The molecule has 0 saturated heterocycles. The average molecular weight is 387 g/mol. The molecule has 2 N–H and O–H groups in total. The summed E-state index contributed by atoms with van der Waals surface area (Å²) in [5, 5.41) is 5.60. The van der Waals surface area contributed by atoms with Crippen molar-refractivity contribution in [3.63, 3.8) is 0 Å². The molecule has 0 heterocycles. The summed E-state index contributed by atoms with van der Waals surface area (Å²) in [5.41, 5.74) is 2.30. The van der Waals surface area contributed by atoms with E-state index in [1.54, 1.807) is 7.05 Å². The lowest BCUT2D eigenvalue weighted by Crippen LogP contribution is -2.27. The SMILES string of the molecule is CNC(=O)Cc1ccc(NC(=O)C2(c3cccc(Br)c3)CC2)cc1. The van der Waals surface area contributed by atoms with Gasteiger partial charge in [-0.05, 0) is 48.2 Å². The van der Waals surface area contributed by atoms with Gasteiger partial charge in [0.15, 0.2) is 0 Å². The number of hydrogen-bond acceptors (Lipinski definition) is 2. The normalized spacial score (nSPS) is 14.8. The second-order valence-electron chi connectivity index (χ2n) is 6.09. The maximum atomic E-state index is 12.7. The van der Waals surface area contributed by atoms with Gasteiger partial charge >= 0.3 is 0 Å². The number of amides is 2. The highest BCUT2D eigenvalue weighted by atomic mass is 79.9. The van der Waals surface area contributed by atoms with Gasteiger partial charge in [0.1, 0.15) is 0 Å². The van der Waals surface area contributed by atoms with E-state index in [2.05, 4.69) is 26.6 Å². The van der Waals surface area contributed by atoms with E-state index in [9.17, 15) is 9.59 Å². The zero-order valence-corrected chi connectivity index (χ0v) is 15.0. The summed E-state index contributed by atoms with van der Waals surface area (Å²) in [5.74, 6) is -0.00183. The Morgan fingerprint density at radius 3 is 2.42 bits per heavy atom. The molecule has 0 spiro atoms. The molecule has 0 atom stereocenters. The fraction of sp³-hybridized carbons (Fsp3) is 0.263. The molecule has 2 aromatic carbocycles. The first kappa shape index (κ1) is 16.7. The third kappa shape index (κ3) is 3.51. The smallest absolute Gasteiger partial charge is 0.235 e. The second-order valence-corrected chi connectivity index (χ2v) is 7.01. The van der Waals surface area contributed by atoms with Crippen molar-refractivity contribution in [1.29, 1.82) is 0 Å². The Labute approximate surface area is 149 Å². The van der Waals surface area contributed by atoms with Crippen LogP contribution in [-0.2, 0) is 21.4 Å². The molecule has 2 amide bonds. The molecule has 1 fully saturated rings. The number of rotatable bonds is 5. The number of nitrogens with one attached hydrogen (secondary N) is 2. The largest absolute Gasteiger partial charge is 0.359 e. The molecule has 3 rings (SSSR count). The lowest BCUT2D eigenvalue weighted by Gasteiger charge is -2.16. The second kappa shape index (κ2) is 6.77. The predicted octanol–water partition coefficient (Wildman–Crippen LogP) is 3.41. The number of hydrogen-bond donors (Lipinski definition) is 2. The van der Waals surface area contributed by atoms with Gasteiger partial charge in [-0.3, -0.25) is 9.59 Å². The molecular weight excluding hydrogens is 368 g/mol. The Kier molecular flexibility index (Phi) is 4.71. The number of carbonyl (C=O) groups excluding carboxylic acids is 2. The summed E-state index contributed by atoms with van der Waals surface area (Å²) >= 11 is 3.47. The zero-order valence-electron chi connectivity index (χ0n) is 13.4. The summed E-state index contributed by atoms with van der Waals surface area (Å²) in [6, 6.07) is 15.3. The molecule has 0 radical (unpaired) electrons. The van der Waals surface area contributed by atoms with E-state index < -0.39 is 5.41 Å². The highest BCUT2D eigenvalue weighted by molar-refractivity contribution is 9.10. The fourth-order valence-corrected chi connectivity index (χ4v) is 3.19. The first-order chi connectivity index (χ1) is 11.5. The maximum absolute atomic E-state index is 12.7. The number of carbonyl (C=O) groups is 2. The van der Waals surface area contributed by atoms with Crippen LogP contribution in [0.25, 0.3) is 0 Å². The van der Waals surface area contributed by atoms with E-state index in [0.717, 1.165) is 34.1 Å². The minimum absolute atomic E-state index is 0.0275.